The zero-order valence-corrected chi connectivity index (χ0v) is 20.4. The number of nitrogens with zero attached hydrogens (tertiary/aromatic N) is 3. The molecule has 0 atom stereocenters. The molecule has 0 unspecified atom stereocenters. The summed E-state index contributed by atoms with van der Waals surface area (Å²) in [5.41, 5.74) is 6.13. The number of carbonyl (C=O) groups is 2. The minimum absolute atomic E-state index is 0.168. The molecule has 6 nitrogen and oxygen atoms in total. The number of benzene rings is 3. The lowest BCUT2D eigenvalue weighted by Gasteiger charge is -2.11. The van der Waals surface area contributed by atoms with Crippen LogP contribution in [-0.4, -0.2) is 33.8 Å². The van der Waals surface area contributed by atoms with Crippen LogP contribution in [0.25, 0.3) is 32.7 Å². The molecule has 0 saturated carbocycles. The Labute approximate surface area is 206 Å². The van der Waals surface area contributed by atoms with Crippen molar-refractivity contribution in [1.29, 1.82) is 0 Å². The van der Waals surface area contributed by atoms with E-state index < -0.39 is 5.97 Å². The smallest absolute Gasteiger partial charge is 0.337 e. The molecule has 0 N–H and O–H groups in total. The van der Waals surface area contributed by atoms with E-state index in [9.17, 15) is 9.59 Å². The molecule has 35 heavy (non-hydrogen) atoms. The van der Waals surface area contributed by atoms with Gasteiger partial charge in [0.25, 0.3) is 5.91 Å². The highest BCUT2D eigenvalue weighted by atomic mass is 32.1. The average Bonchev–Trinajstić information content (AvgIpc) is 3.56. The Morgan fingerprint density at radius 2 is 1.80 bits per heavy atom. The number of aryl methyl sites for hydroxylation is 2. The first-order chi connectivity index (χ1) is 17.0. The molecule has 0 spiro atoms. The highest BCUT2D eigenvalue weighted by Crippen LogP contribution is 2.33. The van der Waals surface area contributed by atoms with Gasteiger partial charge in [-0.25, -0.2) is 9.78 Å². The third kappa shape index (κ3) is 4.04. The van der Waals surface area contributed by atoms with Crippen molar-refractivity contribution in [3.8, 4) is 21.8 Å². The quantitative estimate of drug-likeness (QED) is 0.281. The largest absolute Gasteiger partial charge is 0.465 e. The van der Waals surface area contributed by atoms with E-state index in [1.165, 1.54) is 11.8 Å². The fourth-order valence-corrected chi connectivity index (χ4v) is 4.93. The number of hydrogen-bond donors (Lipinski definition) is 0. The van der Waals surface area contributed by atoms with E-state index in [4.69, 9.17) is 9.84 Å². The van der Waals surface area contributed by atoms with Crippen LogP contribution < -0.4 is 0 Å². The van der Waals surface area contributed by atoms with Gasteiger partial charge in [0.05, 0.1) is 18.2 Å². The van der Waals surface area contributed by atoms with Crippen molar-refractivity contribution < 1.29 is 14.3 Å². The van der Waals surface area contributed by atoms with Crippen LogP contribution in [0.15, 0.2) is 72.2 Å². The van der Waals surface area contributed by atoms with Crippen molar-refractivity contribution in [2.24, 2.45) is 0 Å². The summed E-state index contributed by atoms with van der Waals surface area (Å²) in [6.45, 7) is 3.99. The van der Waals surface area contributed by atoms with Crippen LogP contribution in [0.2, 0.25) is 0 Å². The minimum Gasteiger partial charge on any atom is -0.465 e. The van der Waals surface area contributed by atoms with E-state index >= 15 is 0 Å². The third-order valence-electron chi connectivity index (χ3n) is 6.09. The van der Waals surface area contributed by atoms with E-state index in [1.54, 1.807) is 29.7 Å². The summed E-state index contributed by atoms with van der Waals surface area (Å²) >= 11 is 1.54. The molecule has 3 aromatic carbocycles. The molecule has 5 aromatic rings. The molecule has 0 bridgehead atoms. The van der Waals surface area contributed by atoms with Gasteiger partial charge in [-0.15, -0.1) is 11.3 Å². The van der Waals surface area contributed by atoms with E-state index in [0.717, 1.165) is 39.1 Å². The van der Waals surface area contributed by atoms with Crippen molar-refractivity contribution in [2.45, 2.75) is 20.3 Å². The van der Waals surface area contributed by atoms with Crippen LogP contribution in [0.5, 0.6) is 0 Å². The first-order valence-corrected chi connectivity index (χ1v) is 12.1. The summed E-state index contributed by atoms with van der Waals surface area (Å²) in [6, 6.07) is 18.9. The summed E-state index contributed by atoms with van der Waals surface area (Å²) in [7, 11) is 1.35. The Kier molecular flexibility index (Phi) is 6.01. The van der Waals surface area contributed by atoms with Crippen molar-refractivity contribution in [3.05, 3.63) is 94.5 Å². The van der Waals surface area contributed by atoms with Gasteiger partial charge in [0, 0.05) is 33.7 Å². The lowest BCUT2D eigenvalue weighted by molar-refractivity contribution is 0.0600. The topological polar surface area (TPSA) is 74.1 Å². The lowest BCUT2D eigenvalue weighted by Crippen LogP contribution is -2.17. The number of ether oxygens (including phenoxy) is 1. The highest BCUT2D eigenvalue weighted by molar-refractivity contribution is 7.13. The standard InChI is InChI=1S/C28H23N3O3S/c1-4-18-7-5-6-17(2)24(18)27(32)31-23-16-21(26-29-14-15-35-26)12-13-22(23)25(30-31)19-8-10-20(11-9-19)28(33)34-3/h5-16H,4H2,1-3H3. The number of aromatic nitrogens is 3. The van der Waals surface area contributed by atoms with Crippen molar-refractivity contribution in [1.82, 2.24) is 14.8 Å². The predicted molar refractivity (Wildman–Crippen MR) is 138 cm³/mol. The van der Waals surface area contributed by atoms with E-state index in [1.807, 2.05) is 67.8 Å². The molecule has 0 aliphatic carbocycles. The van der Waals surface area contributed by atoms with Crippen LogP contribution in [0.3, 0.4) is 0 Å². The van der Waals surface area contributed by atoms with Crippen molar-refractivity contribution in [3.63, 3.8) is 0 Å². The van der Waals surface area contributed by atoms with Gasteiger partial charge in [-0.1, -0.05) is 43.3 Å². The number of hydrogen-bond acceptors (Lipinski definition) is 6. The summed E-state index contributed by atoms with van der Waals surface area (Å²) in [5, 5.41) is 8.45. The molecule has 0 aliphatic heterocycles. The van der Waals surface area contributed by atoms with E-state index in [-0.39, 0.29) is 5.91 Å². The summed E-state index contributed by atoms with van der Waals surface area (Å²) in [4.78, 5) is 30.2. The molecule has 174 valence electrons. The van der Waals surface area contributed by atoms with Gasteiger partial charge in [-0.3, -0.25) is 4.79 Å². The van der Waals surface area contributed by atoms with Crippen molar-refractivity contribution in [2.75, 3.05) is 7.11 Å². The van der Waals surface area contributed by atoms with Gasteiger partial charge < -0.3 is 4.74 Å². The molecule has 0 radical (unpaired) electrons. The fraction of sp³-hybridized carbons (Fsp3) is 0.143. The maximum absolute atomic E-state index is 13.9. The summed E-state index contributed by atoms with van der Waals surface area (Å²) in [5.74, 6) is -0.569. The number of esters is 1. The number of fused-ring (bicyclic) bond motifs is 1. The molecular weight excluding hydrogens is 458 g/mol. The maximum atomic E-state index is 13.9. The van der Waals surface area contributed by atoms with Gasteiger partial charge >= 0.3 is 5.97 Å². The minimum atomic E-state index is -0.401. The summed E-state index contributed by atoms with van der Waals surface area (Å²) in [6.07, 6.45) is 2.51. The molecule has 2 heterocycles. The second kappa shape index (κ2) is 9.27. The van der Waals surface area contributed by atoms with E-state index in [0.29, 0.717) is 22.3 Å². The number of thiazole rings is 1. The lowest BCUT2D eigenvalue weighted by atomic mass is 9.99. The predicted octanol–water partition coefficient (Wildman–Crippen LogP) is 6.17. The second-order valence-corrected chi connectivity index (χ2v) is 9.06. The Hall–Kier alpha value is -4.10. The Bertz CT molecular complexity index is 1550. The Morgan fingerprint density at radius 3 is 2.49 bits per heavy atom. The summed E-state index contributed by atoms with van der Waals surface area (Å²) < 4.78 is 6.31. The van der Waals surface area contributed by atoms with E-state index in [2.05, 4.69) is 4.98 Å². The zero-order chi connectivity index (χ0) is 24.5. The van der Waals surface area contributed by atoms with Gasteiger partial charge in [-0.05, 0) is 48.7 Å². The average molecular weight is 482 g/mol. The van der Waals surface area contributed by atoms with Crippen molar-refractivity contribution >= 4 is 34.1 Å². The number of carbonyl (C=O) groups excluding carboxylic acids is 2. The molecule has 7 heteroatoms. The molecule has 0 aliphatic rings. The second-order valence-electron chi connectivity index (χ2n) is 8.17. The number of methoxy groups -OCH3 is 1. The highest BCUT2D eigenvalue weighted by Gasteiger charge is 2.22. The van der Waals surface area contributed by atoms with Crippen LogP contribution in [0.4, 0.5) is 0 Å². The maximum Gasteiger partial charge on any atom is 0.337 e. The van der Waals surface area contributed by atoms with Gasteiger partial charge in [-0.2, -0.15) is 9.78 Å². The fourth-order valence-electron chi connectivity index (χ4n) is 4.30. The third-order valence-corrected chi connectivity index (χ3v) is 6.91. The van der Waals surface area contributed by atoms with Crippen LogP contribution >= 0.6 is 11.3 Å². The van der Waals surface area contributed by atoms with Crippen LogP contribution in [0.1, 0.15) is 38.8 Å². The molecular formula is C28H23N3O3S. The first kappa shape index (κ1) is 22.7. The molecule has 0 amide bonds. The van der Waals surface area contributed by atoms with Gasteiger partial charge in [0.1, 0.15) is 10.7 Å². The molecule has 2 aromatic heterocycles. The first-order valence-electron chi connectivity index (χ1n) is 11.3. The van der Waals surface area contributed by atoms with Crippen LogP contribution in [0, 0.1) is 6.92 Å². The van der Waals surface area contributed by atoms with Gasteiger partial charge in [0.2, 0.25) is 0 Å². The molecule has 0 saturated heterocycles. The normalized spacial score (nSPS) is 11.1. The zero-order valence-electron chi connectivity index (χ0n) is 19.6. The SMILES string of the molecule is CCc1cccc(C)c1C(=O)n1nc(-c2ccc(C(=O)OC)cc2)c2ccc(-c3nccs3)cc21. The Balaban J connectivity index is 1.72. The molecule has 5 rings (SSSR count). The molecule has 0 fully saturated rings. The van der Waals surface area contributed by atoms with Crippen LogP contribution in [-0.2, 0) is 11.2 Å². The van der Waals surface area contributed by atoms with Gasteiger partial charge in [0.15, 0.2) is 0 Å². The Morgan fingerprint density at radius 1 is 1.03 bits per heavy atom. The monoisotopic (exact) mass is 481 g/mol. The number of rotatable bonds is 5.